The molecule has 3 rings (SSSR count). The number of benzene rings is 1. The Morgan fingerprint density at radius 1 is 1.41 bits per heavy atom. The highest BCUT2D eigenvalue weighted by Gasteiger charge is 2.22. The number of ether oxygens (including phenoxy) is 1. The molecule has 2 aromatic heterocycles. The number of hydrogen-bond acceptors (Lipinski definition) is 7. The smallest absolute Gasteiger partial charge is 0.340 e. The van der Waals surface area contributed by atoms with Crippen molar-refractivity contribution in [3.63, 3.8) is 0 Å². The summed E-state index contributed by atoms with van der Waals surface area (Å²) < 4.78 is 5.31. The predicted octanol–water partition coefficient (Wildman–Crippen LogP) is 4.08. The number of esters is 1. The van der Waals surface area contributed by atoms with Gasteiger partial charge in [-0.2, -0.15) is 0 Å². The Hall–Kier alpha value is -2.78. The lowest BCUT2D eigenvalue weighted by molar-refractivity contribution is -0.384. The number of nitro groups is 1. The summed E-state index contributed by atoms with van der Waals surface area (Å²) in [5.74, 6) is -0.666. The third kappa shape index (κ3) is 3.56. The van der Waals surface area contributed by atoms with Gasteiger partial charge in [0.25, 0.3) is 11.2 Å². The van der Waals surface area contributed by atoms with Crippen molar-refractivity contribution < 1.29 is 14.5 Å². The Kier molecular flexibility index (Phi) is 4.99. The summed E-state index contributed by atoms with van der Waals surface area (Å²) in [6, 6.07) is 3.49. The monoisotopic (exact) mass is 407 g/mol. The van der Waals surface area contributed by atoms with E-state index in [0.717, 1.165) is 16.5 Å². The molecule has 0 aliphatic carbocycles. The number of carbonyl (C=O) groups excluding carboxylic acids is 1. The first-order valence-electron chi connectivity index (χ1n) is 7.84. The number of thiophene rings is 1. The number of aryl methyl sites for hydroxylation is 2. The first-order chi connectivity index (χ1) is 12.7. The maximum Gasteiger partial charge on any atom is 0.340 e. The second-order valence-electron chi connectivity index (χ2n) is 5.88. The van der Waals surface area contributed by atoms with Gasteiger partial charge < -0.3 is 9.72 Å². The third-order valence-corrected chi connectivity index (χ3v) is 5.54. The summed E-state index contributed by atoms with van der Waals surface area (Å²) in [6.07, 6.45) is -0.882. The molecule has 27 heavy (non-hydrogen) atoms. The van der Waals surface area contributed by atoms with E-state index in [1.165, 1.54) is 23.5 Å². The number of nitro benzene ring substituents is 1. The zero-order valence-electron chi connectivity index (χ0n) is 14.5. The van der Waals surface area contributed by atoms with Gasteiger partial charge in [-0.1, -0.05) is 11.6 Å². The minimum Gasteiger partial charge on any atom is -0.451 e. The van der Waals surface area contributed by atoms with E-state index in [-0.39, 0.29) is 27.7 Å². The van der Waals surface area contributed by atoms with Crippen LogP contribution in [0.5, 0.6) is 0 Å². The first-order valence-corrected chi connectivity index (χ1v) is 9.03. The molecule has 2 heterocycles. The van der Waals surface area contributed by atoms with Gasteiger partial charge in [0.1, 0.15) is 4.83 Å². The Morgan fingerprint density at radius 3 is 2.78 bits per heavy atom. The van der Waals surface area contributed by atoms with Crippen molar-refractivity contribution in [2.45, 2.75) is 26.9 Å². The van der Waals surface area contributed by atoms with E-state index in [9.17, 15) is 19.7 Å². The Balaban J connectivity index is 1.91. The van der Waals surface area contributed by atoms with Gasteiger partial charge in [0, 0.05) is 17.0 Å². The van der Waals surface area contributed by atoms with E-state index in [2.05, 4.69) is 9.97 Å². The lowest BCUT2D eigenvalue weighted by Crippen LogP contribution is -2.17. The van der Waals surface area contributed by atoms with Gasteiger partial charge in [0.2, 0.25) is 0 Å². The molecular weight excluding hydrogens is 394 g/mol. The van der Waals surface area contributed by atoms with Gasteiger partial charge in [-0.15, -0.1) is 11.3 Å². The van der Waals surface area contributed by atoms with E-state index in [4.69, 9.17) is 16.3 Å². The summed E-state index contributed by atoms with van der Waals surface area (Å²) >= 11 is 7.33. The quantitative estimate of drug-likeness (QED) is 0.395. The van der Waals surface area contributed by atoms with Gasteiger partial charge in [0.05, 0.1) is 20.9 Å². The van der Waals surface area contributed by atoms with Crippen LogP contribution in [0.15, 0.2) is 23.0 Å². The minimum atomic E-state index is -0.882. The second-order valence-corrected chi connectivity index (χ2v) is 7.49. The summed E-state index contributed by atoms with van der Waals surface area (Å²) in [7, 11) is 0. The lowest BCUT2D eigenvalue weighted by Gasteiger charge is -2.13. The van der Waals surface area contributed by atoms with E-state index in [1.807, 2.05) is 13.8 Å². The highest BCUT2D eigenvalue weighted by atomic mass is 35.5. The van der Waals surface area contributed by atoms with E-state index >= 15 is 0 Å². The highest BCUT2D eigenvalue weighted by Crippen LogP contribution is 2.28. The molecule has 0 saturated heterocycles. The molecule has 0 bridgehead atoms. The van der Waals surface area contributed by atoms with Gasteiger partial charge in [-0.3, -0.25) is 14.9 Å². The molecule has 0 saturated carbocycles. The number of aromatic nitrogens is 2. The number of carbonyl (C=O) groups is 1. The summed E-state index contributed by atoms with van der Waals surface area (Å²) in [6.45, 7) is 5.29. The number of H-pyrrole nitrogens is 1. The SMILES string of the molecule is Cc1sc2nc([C@@H](C)OC(=O)c3cc([N+](=O)[O-])ccc3Cl)[nH]c(=O)c2c1C. The van der Waals surface area contributed by atoms with Crippen LogP contribution in [0.3, 0.4) is 0 Å². The maximum absolute atomic E-state index is 12.4. The zero-order valence-corrected chi connectivity index (χ0v) is 16.1. The van der Waals surface area contributed by atoms with E-state index < -0.39 is 17.0 Å². The van der Waals surface area contributed by atoms with Crippen molar-refractivity contribution in [2.75, 3.05) is 0 Å². The summed E-state index contributed by atoms with van der Waals surface area (Å²) in [5.41, 5.74) is 0.136. The molecule has 8 nitrogen and oxygen atoms in total. The van der Waals surface area contributed by atoms with Crippen LogP contribution in [0.4, 0.5) is 5.69 Å². The molecule has 140 valence electrons. The van der Waals surface area contributed by atoms with E-state index in [0.29, 0.717) is 10.2 Å². The second kappa shape index (κ2) is 7.09. The molecule has 1 N–H and O–H groups in total. The van der Waals surface area contributed by atoms with Crippen molar-refractivity contribution in [3.05, 3.63) is 65.5 Å². The summed E-state index contributed by atoms with van der Waals surface area (Å²) in [4.78, 5) is 43.5. The molecule has 3 aromatic rings. The standard InChI is InChI=1S/C17H14ClN3O5S/c1-7-9(3)27-16-13(7)15(22)19-14(20-16)8(2)26-17(23)11-6-10(21(24)25)4-5-12(11)18/h4-6,8H,1-3H3,(H,19,20,22)/t8-/m1/s1. The summed E-state index contributed by atoms with van der Waals surface area (Å²) in [5, 5.41) is 11.4. The van der Waals surface area contributed by atoms with Crippen LogP contribution >= 0.6 is 22.9 Å². The number of nitrogens with one attached hydrogen (secondary N) is 1. The topological polar surface area (TPSA) is 115 Å². The molecule has 10 heteroatoms. The number of hydrogen-bond donors (Lipinski definition) is 1. The van der Waals surface area contributed by atoms with E-state index in [1.54, 1.807) is 6.92 Å². The Bertz CT molecular complexity index is 1140. The molecule has 0 amide bonds. The van der Waals surface area contributed by atoms with Crippen molar-refractivity contribution >= 4 is 44.8 Å². The molecule has 0 aliphatic heterocycles. The number of aromatic amines is 1. The third-order valence-electron chi connectivity index (χ3n) is 4.11. The molecule has 0 radical (unpaired) electrons. The molecule has 0 unspecified atom stereocenters. The predicted molar refractivity (Wildman–Crippen MR) is 102 cm³/mol. The molecular formula is C17H14ClN3O5S. The van der Waals surface area contributed by atoms with Crippen LogP contribution in [0.2, 0.25) is 5.02 Å². The number of non-ortho nitro benzene ring substituents is 1. The van der Waals surface area contributed by atoms with Gasteiger partial charge in [0.15, 0.2) is 11.9 Å². The fourth-order valence-electron chi connectivity index (χ4n) is 2.53. The van der Waals surface area contributed by atoms with Gasteiger partial charge in [-0.25, -0.2) is 9.78 Å². The van der Waals surface area contributed by atoms with Crippen LogP contribution in [0.1, 0.15) is 39.7 Å². The Morgan fingerprint density at radius 2 is 2.11 bits per heavy atom. The van der Waals surface area contributed by atoms with Crippen molar-refractivity contribution in [2.24, 2.45) is 0 Å². The first kappa shape index (κ1) is 19.0. The van der Waals surface area contributed by atoms with Crippen LogP contribution in [-0.4, -0.2) is 20.9 Å². The van der Waals surface area contributed by atoms with Gasteiger partial charge in [-0.05, 0) is 32.4 Å². The van der Waals surface area contributed by atoms with Crippen molar-refractivity contribution in [3.8, 4) is 0 Å². The number of fused-ring (bicyclic) bond motifs is 1. The largest absolute Gasteiger partial charge is 0.451 e. The van der Waals surface area contributed by atoms with Crippen LogP contribution in [-0.2, 0) is 4.74 Å². The molecule has 0 spiro atoms. The van der Waals surface area contributed by atoms with Crippen molar-refractivity contribution in [1.82, 2.24) is 9.97 Å². The number of halogens is 1. The maximum atomic E-state index is 12.4. The number of rotatable bonds is 4. The fourth-order valence-corrected chi connectivity index (χ4v) is 3.76. The van der Waals surface area contributed by atoms with Crippen LogP contribution in [0, 0.1) is 24.0 Å². The average Bonchev–Trinajstić information content (AvgIpc) is 2.89. The van der Waals surface area contributed by atoms with Gasteiger partial charge >= 0.3 is 5.97 Å². The molecule has 1 atom stereocenters. The van der Waals surface area contributed by atoms with Crippen LogP contribution in [0.25, 0.3) is 10.2 Å². The van der Waals surface area contributed by atoms with Crippen molar-refractivity contribution in [1.29, 1.82) is 0 Å². The highest BCUT2D eigenvalue weighted by molar-refractivity contribution is 7.18. The molecule has 1 aromatic carbocycles. The lowest BCUT2D eigenvalue weighted by atomic mass is 10.2. The van der Waals surface area contributed by atoms with Crippen LogP contribution < -0.4 is 5.56 Å². The number of nitrogens with zero attached hydrogens (tertiary/aromatic N) is 2. The normalized spacial score (nSPS) is 12.1. The average molecular weight is 408 g/mol. The fraction of sp³-hybridized carbons (Fsp3) is 0.235. The minimum absolute atomic E-state index is 0.0270. The molecule has 0 aliphatic rings. The zero-order chi connectivity index (χ0) is 19.9. The molecule has 0 fully saturated rings. The Labute approximate surface area is 161 Å².